The van der Waals surface area contributed by atoms with Crippen molar-refractivity contribution < 1.29 is 29.0 Å². The number of nitrogens with one attached hydrogen (secondary N) is 3. The van der Waals surface area contributed by atoms with Crippen LogP contribution in [0.4, 0.5) is 4.79 Å². The molecular formula is C31H39N5O6. The minimum absolute atomic E-state index is 0.0749. The van der Waals surface area contributed by atoms with Gasteiger partial charge in [0.2, 0.25) is 11.8 Å². The number of hydrogen-bond acceptors (Lipinski definition) is 7. The number of aliphatic carboxylic acids is 1. The third-order valence-electron chi connectivity index (χ3n) is 6.53. The van der Waals surface area contributed by atoms with E-state index in [0.29, 0.717) is 37.9 Å². The lowest BCUT2D eigenvalue weighted by Gasteiger charge is -2.20. The lowest BCUT2D eigenvalue weighted by molar-refractivity contribution is -0.142. The Morgan fingerprint density at radius 1 is 1.10 bits per heavy atom. The van der Waals surface area contributed by atoms with Crippen LogP contribution in [0.5, 0.6) is 0 Å². The van der Waals surface area contributed by atoms with Crippen LogP contribution >= 0.6 is 0 Å². The molecule has 2 aromatic carbocycles. The highest BCUT2D eigenvalue weighted by Gasteiger charge is 2.32. The molecule has 1 fully saturated rings. The molecule has 1 aromatic heterocycles. The zero-order chi connectivity index (χ0) is 30.7. The molecule has 1 aliphatic heterocycles. The summed E-state index contributed by atoms with van der Waals surface area (Å²) in [6.45, 7) is 6.33. The number of fused-ring (bicyclic) bond motifs is 1. The Bertz CT molecular complexity index is 1370. The first kappa shape index (κ1) is 32.0. The quantitative estimate of drug-likeness (QED) is 0.258. The summed E-state index contributed by atoms with van der Waals surface area (Å²) in [7, 11) is 0. The van der Waals surface area contributed by atoms with Gasteiger partial charge in [-0.15, -0.1) is 0 Å². The molecule has 6 N–H and O–H groups in total. The fourth-order valence-corrected chi connectivity index (χ4v) is 4.40. The molecule has 0 aliphatic carbocycles. The van der Waals surface area contributed by atoms with E-state index in [1.807, 2.05) is 54.6 Å². The SMILES string of the molecule is CC(C)(C)OC(=O)NC[C@H]1CN[C@H](C(=O)N[C@H](CCc2ccccc2)C(=O)O)C1.NC(=O)c1cnc2ccccc2c1. The number of amides is 3. The Labute approximate surface area is 245 Å². The standard InChI is InChI=1S/C21H31N3O5.C10H8N2O/c1-21(2,3)29-20(28)23-13-15-11-17(22-12-15)18(25)24-16(19(26)27)10-9-14-7-5-4-6-8-14;11-10(13)8-5-7-3-1-2-4-9(7)12-6-8/h4-8,15-17,22H,9-13H2,1-3H3,(H,23,28)(H,24,25)(H,26,27);1-6H,(H2,11,13)/t15-,16-,17+;/m1./s1. The molecule has 0 bridgehead atoms. The monoisotopic (exact) mass is 577 g/mol. The van der Waals surface area contributed by atoms with Crippen LogP contribution in [-0.2, 0) is 20.7 Å². The van der Waals surface area contributed by atoms with Crippen molar-refractivity contribution in [2.24, 2.45) is 11.7 Å². The number of ether oxygens (including phenoxy) is 1. The molecule has 2 heterocycles. The Morgan fingerprint density at radius 3 is 2.45 bits per heavy atom. The molecule has 11 nitrogen and oxygen atoms in total. The molecule has 11 heteroatoms. The van der Waals surface area contributed by atoms with Gasteiger partial charge in [-0.05, 0) is 63.6 Å². The van der Waals surface area contributed by atoms with Crippen LogP contribution in [0, 0.1) is 5.92 Å². The number of nitrogens with two attached hydrogens (primary N) is 1. The number of pyridine rings is 1. The third kappa shape index (κ3) is 10.5. The maximum Gasteiger partial charge on any atom is 0.407 e. The number of carboxylic acid groups (broad SMARTS) is 1. The largest absolute Gasteiger partial charge is 0.480 e. The summed E-state index contributed by atoms with van der Waals surface area (Å²) < 4.78 is 5.20. The number of nitrogens with zero attached hydrogens (tertiary/aromatic N) is 1. The molecule has 3 amide bonds. The van der Waals surface area contributed by atoms with Crippen LogP contribution in [-0.4, -0.2) is 64.7 Å². The van der Waals surface area contributed by atoms with E-state index in [1.165, 1.54) is 6.20 Å². The average molecular weight is 578 g/mol. The molecule has 0 unspecified atom stereocenters. The Morgan fingerprint density at radius 2 is 1.79 bits per heavy atom. The van der Waals surface area contributed by atoms with Gasteiger partial charge in [0.15, 0.2) is 0 Å². The van der Waals surface area contributed by atoms with Crippen LogP contribution in [0.3, 0.4) is 0 Å². The second kappa shape index (κ2) is 14.9. The van der Waals surface area contributed by atoms with Gasteiger partial charge in [0.25, 0.3) is 0 Å². The number of hydrogen-bond donors (Lipinski definition) is 5. The van der Waals surface area contributed by atoms with Crippen molar-refractivity contribution in [2.45, 2.75) is 57.7 Å². The van der Waals surface area contributed by atoms with Crippen LogP contribution in [0.15, 0.2) is 66.9 Å². The molecule has 3 atom stereocenters. The lowest BCUT2D eigenvalue weighted by atomic mass is 10.0. The van der Waals surface area contributed by atoms with Gasteiger partial charge in [0.1, 0.15) is 11.6 Å². The smallest absolute Gasteiger partial charge is 0.407 e. The lowest BCUT2D eigenvalue weighted by Crippen LogP contribution is -2.48. The molecule has 0 saturated carbocycles. The number of benzene rings is 2. The summed E-state index contributed by atoms with van der Waals surface area (Å²) in [4.78, 5) is 50.7. The molecule has 3 aromatic rings. The molecule has 0 spiro atoms. The Hall–Kier alpha value is -4.51. The molecular weight excluding hydrogens is 538 g/mol. The van der Waals surface area contributed by atoms with Crippen molar-refractivity contribution >= 4 is 34.8 Å². The fraction of sp³-hybridized carbons (Fsp3) is 0.387. The zero-order valence-electron chi connectivity index (χ0n) is 24.1. The molecule has 1 aliphatic rings. The Balaban J connectivity index is 0.000000307. The molecule has 42 heavy (non-hydrogen) atoms. The summed E-state index contributed by atoms with van der Waals surface area (Å²) in [6, 6.07) is 17.5. The van der Waals surface area contributed by atoms with Crippen molar-refractivity contribution in [3.05, 3.63) is 78.0 Å². The normalized spacial score (nSPS) is 16.9. The van der Waals surface area contributed by atoms with E-state index >= 15 is 0 Å². The van der Waals surface area contributed by atoms with Gasteiger partial charge in [0.05, 0.1) is 17.1 Å². The van der Waals surface area contributed by atoms with Crippen LogP contribution in [0.25, 0.3) is 10.9 Å². The maximum absolute atomic E-state index is 12.5. The van der Waals surface area contributed by atoms with Gasteiger partial charge in [0, 0.05) is 24.7 Å². The van der Waals surface area contributed by atoms with Crippen LogP contribution in [0.1, 0.15) is 49.5 Å². The summed E-state index contributed by atoms with van der Waals surface area (Å²) in [5.41, 5.74) is 6.90. The number of carbonyl (C=O) groups is 4. The summed E-state index contributed by atoms with van der Waals surface area (Å²) in [5, 5.41) is 18.8. The van der Waals surface area contributed by atoms with E-state index in [-0.39, 0.29) is 11.8 Å². The predicted octanol–water partition coefficient (Wildman–Crippen LogP) is 3.03. The van der Waals surface area contributed by atoms with E-state index in [0.717, 1.165) is 16.5 Å². The van der Waals surface area contributed by atoms with Gasteiger partial charge in [-0.3, -0.25) is 14.6 Å². The molecule has 1 saturated heterocycles. The first-order valence-corrected chi connectivity index (χ1v) is 13.8. The van der Waals surface area contributed by atoms with Gasteiger partial charge in [-0.2, -0.15) is 0 Å². The van der Waals surface area contributed by atoms with Crippen LogP contribution < -0.4 is 21.7 Å². The number of alkyl carbamates (subject to hydrolysis) is 1. The number of rotatable bonds is 9. The first-order valence-electron chi connectivity index (χ1n) is 13.8. The highest BCUT2D eigenvalue weighted by molar-refractivity contribution is 5.96. The minimum Gasteiger partial charge on any atom is -0.480 e. The maximum atomic E-state index is 12.5. The van der Waals surface area contributed by atoms with E-state index in [4.69, 9.17) is 10.5 Å². The first-order chi connectivity index (χ1) is 19.9. The van der Waals surface area contributed by atoms with Crippen molar-refractivity contribution in [3.63, 3.8) is 0 Å². The van der Waals surface area contributed by atoms with E-state index in [1.54, 1.807) is 26.8 Å². The highest BCUT2D eigenvalue weighted by Crippen LogP contribution is 2.15. The van der Waals surface area contributed by atoms with E-state index in [9.17, 15) is 24.3 Å². The number of carbonyl (C=O) groups excluding carboxylic acids is 3. The average Bonchev–Trinajstić information content (AvgIpc) is 3.43. The van der Waals surface area contributed by atoms with Gasteiger partial charge in [-0.1, -0.05) is 48.5 Å². The number of aromatic nitrogens is 1. The van der Waals surface area contributed by atoms with E-state index in [2.05, 4.69) is 20.9 Å². The van der Waals surface area contributed by atoms with Gasteiger partial charge >= 0.3 is 12.1 Å². The van der Waals surface area contributed by atoms with Crippen molar-refractivity contribution in [1.82, 2.24) is 20.9 Å². The number of carboxylic acids is 1. The minimum atomic E-state index is -1.05. The van der Waals surface area contributed by atoms with E-state index < -0.39 is 35.7 Å². The fourth-order valence-electron chi connectivity index (χ4n) is 4.40. The predicted molar refractivity (Wildman–Crippen MR) is 159 cm³/mol. The van der Waals surface area contributed by atoms with Crippen molar-refractivity contribution in [1.29, 1.82) is 0 Å². The highest BCUT2D eigenvalue weighted by atomic mass is 16.6. The van der Waals surface area contributed by atoms with Crippen LogP contribution in [0.2, 0.25) is 0 Å². The summed E-state index contributed by atoms with van der Waals surface area (Å²) >= 11 is 0. The second-order valence-corrected chi connectivity index (χ2v) is 11.1. The molecule has 4 rings (SSSR count). The molecule has 224 valence electrons. The van der Waals surface area contributed by atoms with Crippen molar-refractivity contribution in [3.8, 4) is 0 Å². The number of primary amides is 1. The summed E-state index contributed by atoms with van der Waals surface area (Å²) in [6.07, 6.45) is 2.41. The number of para-hydroxylation sites is 1. The van der Waals surface area contributed by atoms with Gasteiger partial charge in [-0.25, -0.2) is 9.59 Å². The van der Waals surface area contributed by atoms with Crippen molar-refractivity contribution in [2.75, 3.05) is 13.1 Å². The zero-order valence-corrected chi connectivity index (χ0v) is 24.1. The second-order valence-electron chi connectivity index (χ2n) is 11.1. The number of aryl methyl sites for hydroxylation is 1. The van der Waals surface area contributed by atoms with Gasteiger partial charge < -0.3 is 31.5 Å². The Kier molecular flexibility index (Phi) is 11.4. The molecule has 0 radical (unpaired) electrons. The third-order valence-corrected chi connectivity index (χ3v) is 6.53. The summed E-state index contributed by atoms with van der Waals surface area (Å²) in [5.74, 6) is -1.75. The topological polar surface area (TPSA) is 173 Å².